The van der Waals surface area contributed by atoms with Crippen LogP contribution in [0.5, 0.6) is 0 Å². The standard InChI is InChI=1S/C13H18N2O5S/c1-3-4-12(13(17)18)15-21(19,20)11-7-5-10(6-8-11)14-9(2)16/h5-8,12,15H,3-4H2,1-2H3,(H,14,16)(H,17,18)/p-1/t12-/m0/s1. The maximum atomic E-state index is 12.1. The largest absolute Gasteiger partial charge is 0.548 e. The van der Waals surface area contributed by atoms with E-state index in [0.29, 0.717) is 12.1 Å². The average Bonchev–Trinajstić information content (AvgIpc) is 2.37. The van der Waals surface area contributed by atoms with Crippen LogP contribution in [0.1, 0.15) is 26.7 Å². The number of carbonyl (C=O) groups is 2. The van der Waals surface area contributed by atoms with Gasteiger partial charge in [0.25, 0.3) is 0 Å². The van der Waals surface area contributed by atoms with Crippen molar-refractivity contribution in [3.05, 3.63) is 24.3 Å². The minimum Gasteiger partial charge on any atom is -0.548 e. The number of anilines is 1. The molecule has 0 saturated heterocycles. The molecule has 0 aliphatic rings. The summed E-state index contributed by atoms with van der Waals surface area (Å²) in [5.41, 5.74) is 0.450. The van der Waals surface area contributed by atoms with Crippen molar-refractivity contribution in [3.63, 3.8) is 0 Å². The highest BCUT2D eigenvalue weighted by atomic mass is 32.2. The predicted octanol–water partition coefficient (Wildman–Crippen LogP) is -0.158. The van der Waals surface area contributed by atoms with Gasteiger partial charge >= 0.3 is 0 Å². The first kappa shape index (κ1) is 17.1. The third-order valence-electron chi connectivity index (χ3n) is 2.64. The highest BCUT2D eigenvalue weighted by Crippen LogP contribution is 2.15. The van der Waals surface area contributed by atoms with E-state index in [4.69, 9.17) is 0 Å². The number of hydrogen-bond acceptors (Lipinski definition) is 5. The minimum atomic E-state index is -3.96. The summed E-state index contributed by atoms with van der Waals surface area (Å²) in [4.78, 5) is 21.7. The van der Waals surface area contributed by atoms with Gasteiger partial charge in [0.2, 0.25) is 15.9 Å². The molecule has 21 heavy (non-hydrogen) atoms. The minimum absolute atomic E-state index is 0.0843. The molecule has 8 heteroatoms. The van der Waals surface area contributed by atoms with Gasteiger partial charge in [0, 0.05) is 12.6 Å². The van der Waals surface area contributed by atoms with Crippen LogP contribution >= 0.6 is 0 Å². The van der Waals surface area contributed by atoms with Crippen molar-refractivity contribution in [1.29, 1.82) is 0 Å². The van der Waals surface area contributed by atoms with Gasteiger partial charge in [-0.3, -0.25) is 4.79 Å². The zero-order valence-electron chi connectivity index (χ0n) is 11.8. The molecule has 0 heterocycles. The van der Waals surface area contributed by atoms with Gasteiger partial charge in [-0.2, -0.15) is 0 Å². The first-order valence-electron chi connectivity index (χ1n) is 6.37. The summed E-state index contributed by atoms with van der Waals surface area (Å²) in [6, 6.07) is 4.14. The molecule has 1 aromatic carbocycles. The van der Waals surface area contributed by atoms with E-state index in [2.05, 4.69) is 10.0 Å². The Balaban J connectivity index is 2.91. The van der Waals surface area contributed by atoms with E-state index in [-0.39, 0.29) is 17.2 Å². The van der Waals surface area contributed by atoms with Gasteiger partial charge in [-0.05, 0) is 30.7 Å². The van der Waals surface area contributed by atoms with Gasteiger partial charge in [-0.25, -0.2) is 13.1 Å². The lowest BCUT2D eigenvalue weighted by atomic mass is 10.2. The van der Waals surface area contributed by atoms with Crippen LogP contribution < -0.4 is 15.1 Å². The zero-order valence-corrected chi connectivity index (χ0v) is 12.6. The molecule has 0 aliphatic carbocycles. The summed E-state index contributed by atoms with van der Waals surface area (Å²) < 4.78 is 26.2. The third kappa shape index (κ3) is 5.16. The fraction of sp³-hybridized carbons (Fsp3) is 0.385. The van der Waals surface area contributed by atoms with Crippen LogP contribution in [0.3, 0.4) is 0 Å². The van der Waals surface area contributed by atoms with E-state index in [0.717, 1.165) is 0 Å². The Bertz CT molecular complexity index is 610. The summed E-state index contributed by atoms with van der Waals surface area (Å²) >= 11 is 0. The normalized spacial score (nSPS) is 12.7. The molecule has 2 N–H and O–H groups in total. The second-order valence-electron chi connectivity index (χ2n) is 4.49. The molecule has 0 bridgehead atoms. The Hall–Kier alpha value is -1.93. The highest BCUT2D eigenvalue weighted by Gasteiger charge is 2.20. The van der Waals surface area contributed by atoms with Crippen LogP contribution in [0, 0.1) is 0 Å². The molecule has 0 fully saturated rings. The molecule has 1 rings (SSSR count). The van der Waals surface area contributed by atoms with Crippen LogP contribution in [0.4, 0.5) is 5.69 Å². The quantitative estimate of drug-likeness (QED) is 0.726. The van der Waals surface area contributed by atoms with Crippen LogP contribution in [0.2, 0.25) is 0 Å². The smallest absolute Gasteiger partial charge is 0.241 e. The molecule has 0 unspecified atom stereocenters. The second-order valence-corrected chi connectivity index (χ2v) is 6.20. The Morgan fingerprint density at radius 3 is 2.24 bits per heavy atom. The number of sulfonamides is 1. The molecule has 0 radical (unpaired) electrons. The van der Waals surface area contributed by atoms with Crippen LogP contribution in [-0.2, 0) is 19.6 Å². The van der Waals surface area contributed by atoms with Crippen LogP contribution in [0.15, 0.2) is 29.2 Å². The van der Waals surface area contributed by atoms with E-state index in [1.807, 2.05) is 0 Å². The Morgan fingerprint density at radius 1 is 1.24 bits per heavy atom. The van der Waals surface area contributed by atoms with E-state index in [1.54, 1.807) is 6.92 Å². The Labute approximate surface area is 123 Å². The van der Waals surface area contributed by atoms with Gasteiger partial charge in [-0.15, -0.1) is 0 Å². The van der Waals surface area contributed by atoms with Crippen molar-refractivity contribution in [2.75, 3.05) is 5.32 Å². The molecule has 0 saturated carbocycles. The van der Waals surface area contributed by atoms with Crippen molar-refractivity contribution < 1.29 is 23.1 Å². The molecule has 7 nitrogen and oxygen atoms in total. The van der Waals surface area contributed by atoms with Gasteiger partial charge in [0.15, 0.2) is 0 Å². The van der Waals surface area contributed by atoms with Crippen molar-refractivity contribution in [1.82, 2.24) is 4.72 Å². The van der Waals surface area contributed by atoms with E-state index in [9.17, 15) is 23.1 Å². The molecule has 0 aliphatic heterocycles. The number of benzene rings is 1. The zero-order chi connectivity index (χ0) is 16.0. The number of amides is 1. The third-order valence-corrected chi connectivity index (χ3v) is 4.13. The van der Waals surface area contributed by atoms with Crippen molar-refractivity contribution in [3.8, 4) is 0 Å². The fourth-order valence-electron chi connectivity index (χ4n) is 1.69. The number of carbonyl (C=O) groups excluding carboxylic acids is 2. The average molecular weight is 313 g/mol. The summed E-state index contributed by atoms with van der Waals surface area (Å²) in [5.74, 6) is -1.74. The van der Waals surface area contributed by atoms with Gasteiger partial charge in [0.1, 0.15) is 0 Å². The molecule has 1 aromatic rings. The monoisotopic (exact) mass is 313 g/mol. The maximum Gasteiger partial charge on any atom is 0.241 e. The molecule has 0 spiro atoms. The summed E-state index contributed by atoms with van der Waals surface area (Å²) in [7, 11) is -3.96. The summed E-state index contributed by atoms with van der Waals surface area (Å²) in [6.45, 7) is 3.08. The Kier molecular flexibility index (Phi) is 5.86. The molecule has 1 atom stereocenters. The molecule has 1 amide bonds. The number of aliphatic carboxylic acids is 1. The number of hydrogen-bond donors (Lipinski definition) is 2. The lowest BCUT2D eigenvalue weighted by Gasteiger charge is -2.19. The predicted molar refractivity (Wildman–Crippen MR) is 74.8 cm³/mol. The van der Waals surface area contributed by atoms with Gasteiger partial charge < -0.3 is 15.2 Å². The molecular weight excluding hydrogens is 296 g/mol. The van der Waals surface area contributed by atoms with E-state index >= 15 is 0 Å². The van der Waals surface area contributed by atoms with Gasteiger partial charge in [0.05, 0.1) is 16.9 Å². The maximum absolute atomic E-state index is 12.1. The SMILES string of the molecule is CCC[C@H](NS(=O)(=O)c1ccc(NC(C)=O)cc1)C(=O)[O-]. The lowest BCUT2D eigenvalue weighted by molar-refractivity contribution is -0.308. The number of nitrogens with one attached hydrogen (secondary N) is 2. The first-order valence-corrected chi connectivity index (χ1v) is 7.85. The second kappa shape index (κ2) is 7.19. The molecular formula is C13H17N2O5S-. The van der Waals surface area contributed by atoms with Crippen LogP contribution in [-0.4, -0.2) is 26.3 Å². The topological polar surface area (TPSA) is 115 Å². The molecule has 0 aromatic heterocycles. The first-order chi connectivity index (χ1) is 9.76. The van der Waals surface area contributed by atoms with Crippen molar-refractivity contribution in [2.24, 2.45) is 0 Å². The lowest BCUT2D eigenvalue weighted by Crippen LogP contribution is -2.47. The van der Waals surface area contributed by atoms with Gasteiger partial charge in [-0.1, -0.05) is 13.3 Å². The highest BCUT2D eigenvalue weighted by molar-refractivity contribution is 7.89. The molecule has 116 valence electrons. The number of rotatable bonds is 7. The summed E-state index contributed by atoms with van der Waals surface area (Å²) in [6.07, 6.45) is 0.647. The fourth-order valence-corrected chi connectivity index (χ4v) is 2.91. The number of carboxylic acid groups (broad SMARTS) is 1. The van der Waals surface area contributed by atoms with E-state index in [1.165, 1.54) is 31.2 Å². The van der Waals surface area contributed by atoms with Crippen molar-refractivity contribution >= 4 is 27.6 Å². The number of carboxylic acids is 1. The Morgan fingerprint density at radius 2 is 1.81 bits per heavy atom. The summed E-state index contributed by atoms with van der Waals surface area (Å²) in [5, 5.41) is 13.4. The van der Waals surface area contributed by atoms with Crippen molar-refractivity contribution in [2.45, 2.75) is 37.6 Å². The van der Waals surface area contributed by atoms with Crippen LogP contribution in [0.25, 0.3) is 0 Å². The van der Waals surface area contributed by atoms with E-state index < -0.39 is 22.0 Å².